The van der Waals surface area contributed by atoms with Crippen LogP contribution < -0.4 is 10.6 Å². The van der Waals surface area contributed by atoms with Gasteiger partial charge in [-0.2, -0.15) is 0 Å². The third-order valence-corrected chi connectivity index (χ3v) is 4.51. The molecule has 0 aliphatic heterocycles. The zero-order chi connectivity index (χ0) is 19.4. The smallest absolute Gasteiger partial charge is 0.270 e. The molecule has 1 aromatic heterocycles. The van der Waals surface area contributed by atoms with E-state index in [1.165, 1.54) is 11.1 Å². The van der Waals surface area contributed by atoms with E-state index in [2.05, 4.69) is 40.5 Å². The summed E-state index contributed by atoms with van der Waals surface area (Å²) in [7, 11) is 0. The maximum atomic E-state index is 12.5. The molecule has 0 radical (unpaired) electrons. The lowest BCUT2D eigenvalue weighted by Crippen LogP contribution is -2.24. The van der Waals surface area contributed by atoms with Crippen molar-refractivity contribution in [1.29, 1.82) is 0 Å². The molecule has 27 heavy (non-hydrogen) atoms. The highest BCUT2D eigenvalue weighted by molar-refractivity contribution is 5.93. The van der Waals surface area contributed by atoms with Crippen molar-refractivity contribution < 1.29 is 4.79 Å². The summed E-state index contributed by atoms with van der Waals surface area (Å²) >= 11 is 0. The van der Waals surface area contributed by atoms with Crippen LogP contribution in [0.25, 0.3) is 0 Å². The highest BCUT2D eigenvalue weighted by Crippen LogP contribution is 2.22. The van der Waals surface area contributed by atoms with E-state index in [1.807, 2.05) is 43.3 Å². The highest BCUT2D eigenvalue weighted by atomic mass is 16.1. The molecule has 138 valence electrons. The van der Waals surface area contributed by atoms with Crippen LogP contribution in [0, 0.1) is 27.7 Å². The second-order valence-electron chi connectivity index (χ2n) is 6.73. The normalized spacial score (nSPS) is 10.5. The van der Waals surface area contributed by atoms with Crippen LogP contribution in [0.2, 0.25) is 0 Å². The molecule has 3 aromatic rings. The van der Waals surface area contributed by atoms with Gasteiger partial charge in [0.15, 0.2) is 0 Å². The molecule has 3 rings (SSSR count). The van der Waals surface area contributed by atoms with Crippen LogP contribution in [-0.2, 0) is 6.54 Å². The third kappa shape index (κ3) is 4.70. The van der Waals surface area contributed by atoms with Gasteiger partial charge in [0.1, 0.15) is 17.3 Å². The lowest BCUT2D eigenvalue weighted by molar-refractivity contribution is 0.0945. The monoisotopic (exact) mass is 360 g/mol. The highest BCUT2D eigenvalue weighted by Gasteiger charge is 2.11. The van der Waals surface area contributed by atoms with Crippen LogP contribution in [0.4, 0.5) is 11.5 Å². The minimum absolute atomic E-state index is 0.218. The van der Waals surface area contributed by atoms with Gasteiger partial charge in [-0.05, 0) is 50.5 Å². The van der Waals surface area contributed by atoms with Crippen molar-refractivity contribution in [2.24, 2.45) is 0 Å². The van der Waals surface area contributed by atoms with E-state index < -0.39 is 0 Å². The predicted octanol–water partition coefficient (Wildman–Crippen LogP) is 4.38. The van der Waals surface area contributed by atoms with E-state index in [-0.39, 0.29) is 5.91 Å². The summed E-state index contributed by atoms with van der Waals surface area (Å²) in [5.41, 5.74) is 5.91. The molecule has 0 saturated heterocycles. The SMILES string of the molecule is Cc1ccc(CNC(=O)c2cc(Nc3cccc(C)c3C)nc(C)n2)cc1. The Kier molecular flexibility index (Phi) is 5.50. The average Bonchev–Trinajstić information content (AvgIpc) is 2.64. The van der Waals surface area contributed by atoms with Crippen molar-refractivity contribution in [3.05, 3.63) is 82.3 Å². The van der Waals surface area contributed by atoms with Gasteiger partial charge in [-0.1, -0.05) is 42.0 Å². The Morgan fingerprint density at radius 3 is 2.44 bits per heavy atom. The zero-order valence-electron chi connectivity index (χ0n) is 16.1. The molecule has 1 amide bonds. The Labute approximate surface area is 159 Å². The van der Waals surface area contributed by atoms with Crippen LogP contribution in [-0.4, -0.2) is 15.9 Å². The van der Waals surface area contributed by atoms with Crippen molar-refractivity contribution in [3.63, 3.8) is 0 Å². The van der Waals surface area contributed by atoms with Crippen molar-refractivity contribution in [3.8, 4) is 0 Å². The summed E-state index contributed by atoms with van der Waals surface area (Å²) in [6.45, 7) is 8.40. The quantitative estimate of drug-likeness (QED) is 0.708. The van der Waals surface area contributed by atoms with E-state index in [0.717, 1.165) is 16.8 Å². The molecule has 1 heterocycles. The Bertz CT molecular complexity index is 965. The molecule has 0 atom stereocenters. The van der Waals surface area contributed by atoms with E-state index in [0.29, 0.717) is 23.9 Å². The fourth-order valence-electron chi connectivity index (χ4n) is 2.75. The van der Waals surface area contributed by atoms with Crippen molar-refractivity contribution in [1.82, 2.24) is 15.3 Å². The molecule has 2 aromatic carbocycles. The number of aryl methyl sites for hydroxylation is 3. The number of carbonyl (C=O) groups excluding carboxylic acids is 1. The molecule has 0 aliphatic rings. The summed E-state index contributed by atoms with van der Waals surface area (Å²) in [5.74, 6) is 0.938. The van der Waals surface area contributed by atoms with E-state index in [9.17, 15) is 4.79 Å². The number of benzene rings is 2. The number of aromatic nitrogens is 2. The van der Waals surface area contributed by atoms with Crippen LogP contribution in [0.5, 0.6) is 0 Å². The molecular formula is C22H24N4O. The van der Waals surface area contributed by atoms with Crippen LogP contribution in [0.15, 0.2) is 48.5 Å². The third-order valence-electron chi connectivity index (χ3n) is 4.51. The molecule has 5 nitrogen and oxygen atoms in total. The van der Waals surface area contributed by atoms with Gasteiger partial charge < -0.3 is 10.6 Å². The molecule has 0 unspecified atom stereocenters. The average molecular weight is 360 g/mol. The van der Waals surface area contributed by atoms with Crippen LogP contribution >= 0.6 is 0 Å². The Hall–Kier alpha value is -3.21. The fourth-order valence-corrected chi connectivity index (χ4v) is 2.75. The minimum atomic E-state index is -0.218. The number of hydrogen-bond donors (Lipinski definition) is 2. The maximum Gasteiger partial charge on any atom is 0.270 e. The van der Waals surface area contributed by atoms with Gasteiger partial charge in [-0.15, -0.1) is 0 Å². The maximum absolute atomic E-state index is 12.5. The first kappa shape index (κ1) is 18.6. The number of nitrogens with zero attached hydrogens (tertiary/aromatic N) is 2. The van der Waals surface area contributed by atoms with Gasteiger partial charge in [0.25, 0.3) is 5.91 Å². The minimum Gasteiger partial charge on any atom is -0.347 e. The van der Waals surface area contributed by atoms with Gasteiger partial charge in [0.2, 0.25) is 0 Å². The number of nitrogens with one attached hydrogen (secondary N) is 2. The number of anilines is 2. The summed E-state index contributed by atoms with van der Waals surface area (Å²) in [4.78, 5) is 21.2. The summed E-state index contributed by atoms with van der Waals surface area (Å²) in [6, 6.07) is 15.8. The lowest BCUT2D eigenvalue weighted by Gasteiger charge is -2.12. The van der Waals surface area contributed by atoms with Gasteiger partial charge in [-0.25, -0.2) is 9.97 Å². The summed E-state index contributed by atoms with van der Waals surface area (Å²) in [5, 5.41) is 6.21. The Morgan fingerprint density at radius 2 is 1.70 bits per heavy atom. The van der Waals surface area contributed by atoms with Gasteiger partial charge in [0.05, 0.1) is 0 Å². The molecule has 0 aliphatic carbocycles. The van der Waals surface area contributed by atoms with Crippen LogP contribution in [0.1, 0.15) is 38.6 Å². The first-order valence-electron chi connectivity index (χ1n) is 8.95. The van der Waals surface area contributed by atoms with Crippen molar-refractivity contribution >= 4 is 17.4 Å². The largest absolute Gasteiger partial charge is 0.347 e. The molecular weight excluding hydrogens is 336 g/mol. The first-order chi connectivity index (χ1) is 12.9. The number of carbonyl (C=O) groups is 1. The van der Waals surface area contributed by atoms with E-state index in [1.54, 1.807) is 13.0 Å². The predicted molar refractivity (Wildman–Crippen MR) is 108 cm³/mol. The standard InChI is InChI=1S/C22H24N4O/c1-14-8-10-18(11-9-14)13-23-22(27)20-12-21(25-17(4)24-20)26-19-7-5-6-15(2)16(19)3/h5-12H,13H2,1-4H3,(H,23,27)(H,24,25,26). The zero-order valence-corrected chi connectivity index (χ0v) is 16.1. The van der Waals surface area contributed by atoms with Crippen molar-refractivity contribution in [2.45, 2.75) is 34.2 Å². The second-order valence-corrected chi connectivity index (χ2v) is 6.73. The van der Waals surface area contributed by atoms with Gasteiger partial charge in [-0.3, -0.25) is 4.79 Å². The van der Waals surface area contributed by atoms with Crippen LogP contribution in [0.3, 0.4) is 0 Å². The number of hydrogen-bond acceptors (Lipinski definition) is 4. The second kappa shape index (κ2) is 7.99. The molecule has 0 spiro atoms. The van der Waals surface area contributed by atoms with E-state index in [4.69, 9.17) is 0 Å². The lowest BCUT2D eigenvalue weighted by atomic mass is 10.1. The van der Waals surface area contributed by atoms with Gasteiger partial charge >= 0.3 is 0 Å². The number of amides is 1. The number of rotatable bonds is 5. The Morgan fingerprint density at radius 1 is 0.963 bits per heavy atom. The van der Waals surface area contributed by atoms with E-state index >= 15 is 0 Å². The Balaban J connectivity index is 1.75. The molecule has 0 saturated carbocycles. The van der Waals surface area contributed by atoms with Crippen molar-refractivity contribution in [2.75, 3.05) is 5.32 Å². The fraction of sp³-hybridized carbons (Fsp3) is 0.227. The molecule has 2 N–H and O–H groups in total. The summed E-state index contributed by atoms with van der Waals surface area (Å²) < 4.78 is 0. The molecule has 5 heteroatoms. The molecule has 0 bridgehead atoms. The first-order valence-corrected chi connectivity index (χ1v) is 8.95. The summed E-state index contributed by atoms with van der Waals surface area (Å²) in [6.07, 6.45) is 0. The molecule has 0 fully saturated rings. The topological polar surface area (TPSA) is 66.9 Å². The van der Waals surface area contributed by atoms with Gasteiger partial charge in [0, 0.05) is 18.3 Å².